The van der Waals surface area contributed by atoms with Crippen molar-refractivity contribution in [2.45, 2.75) is 46.5 Å². The number of rotatable bonds is 9. The fourth-order valence-electron chi connectivity index (χ4n) is 4.54. The molecule has 0 aliphatic heterocycles. The van der Waals surface area contributed by atoms with Crippen molar-refractivity contribution in [1.82, 2.24) is 5.32 Å². The van der Waals surface area contributed by atoms with E-state index < -0.39 is 0 Å². The van der Waals surface area contributed by atoms with Crippen molar-refractivity contribution in [3.63, 3.8) is 0 Å². The summed E-state index contributed by atoms with van der Waals surface area (Å²) in [7, 11) is 1.66. The van der Waals surface area contributed by atoms with E-state index in [1.165, 1.54) is 23.6 Å². The molecule has 0 saturated carbocycles. The fourth-order valence-corrected chi connectivity index (χ4v) is 4.54. The van der Waals surface area contributed by atoms with Crippen molar-refractivity contribution in [1.29, 1.82) is 0 Å². The van der Waals surface area contributed by atoms with E-state index in [4.69, 9.17) is 9.15 Å². The van der Waals surface area contributed by atoms with Gasteiger partial charge in [0.25, 0.3) is 0 Å². The Morgan fingerprint density at radius 3 is 2.62 bits per heavy atom. The van der Waals surface area contributed by atoms with Crippen molar-refractivity contribution in [2.75, 3.05) is 13.7 Å². The predicted molar refractivity (Wildman–Crippen MR) is 141 cm³/mol. The first-order valence-corrected chi connectivity index (χ1v) is 12.1. The fraction of sp³-hybridized carbons (Fsp3) is 0.300. The SMILES string of the molecule is CCCCCCNC(=O)/C=C(\C)c1cc2c(-c3ccc4ccccc4c3)coc2c(C)c1OC. The molecule has 0 aliphatic carbocycles. The van der Waals surface area contributed by atoms with Crippen LogP contribution in [0.15, 0.2) is 65.3 Å². The zero-order valence-corrected chi connectivity index (χ0v) is 20.5. The van der Waals surface area contributed by atoms with E-state index >= 15 is 0 Å². The number of fused-ring (bicyclic) bond motifs is 2. The molecule has 1 aromatic heterocycles. The molecule has 0 saturated heterocycles. The Balaban J connectivity index is 1.70. The second kappa shape index (κ2) is 10.6. The number of aryl methyl sites for hydroxylation is 1. The van der Waals surface area contributed by atoms with Crippen LogP contribution in [-0.4, -0.2) is 19.6 Å². The molecule has 1 amide bonds. The van der Waals surface area contributed by atoms with E-state index in [0.717, 1.165) is 57.4 Å². The van der Waals surface area contributed by atoms with Gasteiger partial charge < -0.3 is 14.5 Å². The summed E-state index contributed by atoms with van der Waals surface area (Å²) in [5, 5.41) is 6.41. The van der Waals surface area contributed by atoms with Gasteiger partial charge in [-0.05, 0) is 54.3 Å². The Bertz CT molecular complexity index is 1350. The number of carbonyl (C=O) groups is 1. The number of nitrogens with one attached hydrogen (secondary N) is 1. The number of hydrogen-bond acceptors (Lipinski definition) is 3. The standard InChI is InChI=1S/C30H33NO3/c1-5-6-7-10-15-31-28(32)16-20(2)25-18-26-27(19-34-30(26)21(3)29(25)33-4)24-14-13-22-11-8-9-12-23(22)17-24/h8-9,11-14,16-19H,5-7,10,15H2,1-4H3,(H,31,32)/b20-16+. The van der Waals surface area contributed by atoms with Gasteiger partial charge in [0, 0.05) is 34.7 Å². The first-order chi connectivity index (χ1) is 16.5. The number of ether oxygens (including phenoxy) is 1. The summed E-state index contributed by atoms with van der Waals surface area (Å²) in [4.78, 5) is 12.5. The van der Waals surface area contributed by atoms with Crippen LogP contribution in [0.3, 0.4) is 0 Å². The van der Waals surface area contributed by atoms with Gasteiger partial charge in [-0.1, -0.05) is 62.6 Å². The van der Waals surface area contributed by atoms with E-state index in [2.05, 4.69) is 54.7 Å². The highest BCUT2D eigenvalue weighted by Crippen LogP contribution is 2.41. The summed E-state index contributed by atoms with van der Waals surface area (Å²) < 4.78 is 11.8. The number of benzene rings is 3. The highest BCUT2D eigenvalue weighted by Gasteiger charge is 2.19. The second-order valence-corrected chi connectivity index (χ2v) is 8.85. The maximum Gasteiger partial charge on any atom is 0.244 e. The maximum atomic E-state index is 12.5. The Morgan fingerprint density at radius 2 is 1.85 bits per heavy atom. The van der Waals surface area contributed by atoms with Crippen LogP contribution in [0.4, 0.5) is 0 Å². The summed E-state index contributed by atoms with van der Waals surface area (Å²) in [5.41, 5.74) is 5.61. The molecule has 0 atom stereocenters. The number of unbranched alkanes of at least 4 members (excludes halogenated alkanes) is 3. The first kappa shape index (κ1) is 23.6. The summed E-state index contributed by atoms with van der Waals surface area (Å²) in [6, 6.07) is 16.9. The van der Waals surface area contributed by atoms with Crippen LogP contribution in [0.25, 0.3) is 38.4 Å². The van der Waals surface area contributed by atoms with Gasteiger partial charge in [-0.3, -0.25) is 4.79 Å². The van der Waals surface area contributed by atoms with E-state index in [9.17, 15) is 4.79 Å². The Hall–Kier alpha value is -3.53. The van der Waals surface area contributed by atoms with Gasteiger partial charge in [0.2, 0.25) is 5.91 Å². The summed E-state index contributed by atoms with van der Waals surface area (Å²) in [6.45, 7) is 6.84. The summed E-state index contributed by atoms with van der Waals surface area (Å²) in [5.74, 6) is 0.659. The minimum absolute atomic E-state index is 0.0734. The third-order valence-electron chi connectivity index (χ3n) is 6.41. The van der Waals surface area contributed by atoms with E-state index in [0.29, 0.717) is 6.54 Å². The zero-order valence-electron chi connectivity index (χ0n) is 20.5. The van der Waals surface area contributed by atoms with Crippen molar-refractivity contribution in [3.8, 4) is 16.9 Å². The van der Waals surface area contributed by atoms with Crippen LogP contribution >= 0.6 is 0 Å². The third kappa shape index (κ3) is 4.86. The number of amides is 1. The van der Waals surface area contributed by atoms with Crippen LogP contribution in [-0.2, 0) is 4.79 Å². The average Bonchev–Trinajstić information content (AvgIpc) is 3.28. The number of furan rings is 1. The lowest BCUT2D eigenvalue weighted by Crippen LogP contribution is -2.22. The molecule has 0 unspecified atom stereocenters. The molecule has 34 heavy (non-hydrogen) atoms. The van der Waals surface area contributed by atoms with Crippen LogP contribution < -0.4 is 10.1 Å². The number of allylic oxidation sites excluding steroid dienone is 1. The normalized spacial score (nSPS) is 11.8. The Kier molecular flexibility index (Phi) is 7.36. The second-order valence-electron chi connectivity index (χ2n) is 8.85. The van der Waals surface area contributed by atoms with Gasteiger partial charge in [0.05, 0.1) is 13.4 Å². The molecule has 176 valence electrons. The van der Waals surface area contributed by atoms with Crippen LogP contribution in [0.2, 0.25) is 0 Å². The molecule has 0 fully saturated rings. The maximum absolute atomic E-state index is 12.5. The minimum Gasteiger partial charge on any atom is -0.496 e. The zero-order chi connectivity index (χ0) is 24.1. The van der Waals surface area contributed by atoms with E-state index in [-0.39, 0.29) is 5.91 Å². The quantitative estimate of drug-likeness (QED) is 0.208. The van der Waals surface area contributed by atoms with Gasteiger partial charge in [0.15, 0.2) is 0 Å². The number of hydrogen-bond donors (Lipinski definition) is 1. The number of carbonyl (C=O) groups excluding carboxylic acids is 1. The molecule has 1 heterocycles. The van der Waals surface area contributed by atoms with Crippen molar-refractivity contribution >= 4 is 33.2 Å². The van der Waals surface area contributed by atoms with Gasteiger partial charge in [-0.15, -0.1) is 0 Å². The Morgan fingerprint density at radius 1 is 1.06 bits per heavy atom. The van der Waals surface area contributed by atoms with Crippen molar-refractivity contribution in [3.05, 3.63) is 72.0 Å². The lowest BCUT2D eigenvalue weighted by Gasteiger charge is -2.13. The van der Waals surface area contributed by atoms with E-state index in [1.54, 1.807) is 13.2 Å². The Labute approximate surface area is 201 Å². The molecule has 4 heteroatoms. The van der Waals surface area contributed by atoms with Crippen LogP contribution in [0.5, 0.6) is 5.75 Å². The predicted octanol–water partition coefficient (Wildman–Crippen LogP) is 7.67. The van der Waals surface area contributed by atoms with Gasteiger partial charge >= 0.3 is 0 Å². The molecule has 0 aliphatic rings. The van der Waals surface area contributed by atoms with Crippen molar-refractivity contribution < 1.29 is 13.9 Å². The largest absolute Gasteiger partial charge is 0.496 e. The molecule has 0 spiro atoms. The lowest BCUT2D eigenvalue weighted by atomic mass is 9.95. The molecule has 0 radical (unpaired) electrons. The highest BCUT2D eigenvalue weighted by molar-refractivity contribution is 6.02. The van der Waals surface area contributed by atoms with Crippen molar-refractivity contribution in [2.24, 2.45) is 0 Å². The first-order valence-electron chi connectivity index (χ1n) is 12.1. The molecule has 4 aromatic rings. The average molecular weight is 456 g/mol. The molecule has 4 nitrogen and oxygen atoms in total. The highest BCUT2D eigenvalue weighted by atomic mass is 16.5. The monoisotopic (exact) mass is 455 g/mol. The van der Waals surface area contributed by atoms with Gasteiger partial charge in [-0.25, -0.2) is 0 Å². The third-order valence-corrected chi connectivity index (χ3v) is 6.41. The van der Waals surface area contributed by atoms with Crippen LogP contribution in [0.1, 0.15) is 50.7 Å². The molecule has 1 N–H and O–H groups in total. The smallest absolute Gasteiger partial charge is 0.244 e. The lowest BCUT2D eigenvalue weighted by molar-refractivity contribution is -0.116. The summed E-state index contributed by atoms with van der Waals surface area (Å²) >= 11 is 0. The number of methoxy groups -OCH3 is 1. The molecule has 4 rings (SSSR count). The minimum atomic E-state index is -0.0734. The van der Waals surface area contributed by atoms with Gasteiger partial charge in [0.1, 0.15) is 11.3 Å². The topological polar surface area (TPSA) is 51.5 Å². The van der Waals surface area contributed by atoms with Crippen LogP contribution in [0, 0.1) is 6.92 Å². The van der Waals surface area contributed by atoms with E-state index in [1.807, 2.05) is 26.2 Å². The molecular weight excluding hydrogens is 422 g/mol. The summed E-state index contributed by atoms with van der Waals surface area (Å²) in [6.07, 6.45) is 8.01. The van der Waals surface area contributed by atoms with Gasteiger partial charge in [-0.2, -0.15) is 0 Å². The molecule has 0 bridgehead atoms. The molecule has 3 aromatic carbocycles. The molecular formula is C30H33NO3.